The minimum atomic E-state index is -0.0736. The Bertz CT molecular complexity index is 3880. The van der Waals surface area contributed by atoms with E-state index in [1.54, 1.807) is 0 Å². The molecule has 2 heterocycles. The normalized spacial score (nSPS) is 13.0. The topological polar surface area (TPSA) is 25.8 Å². The molecule has 12 aromatic rings. The number of thiophene rings is 1. The Morgan fingerprint density at radius 1 is 0.344 bits per heavy atom. The molecule has 1 aliphatic carbocycles. The third kappa shape index (κ3) is 5.64. The third-order valence-electron chi connectivity index (χ3n) is 13.7. The molecule has 3 heteroatoms. The molecule has 300 valence electrons. The number of nitrogens with zero attached hydrogens (tertiary/aromatic N) is 2. The second kappa shape index (κ2) is 14.2. The van der Waals surface area contributed by atoms with Crippen molar-refractivity contribution in [2.45, 2.75) is 19.3 Å². The summed E-state index contributed by atoms with van der Waals surface area (Å²) in [6.45, 7) is 4.73. The highest BCUT2D eigenvalue weighted by Gasteiger charge is 2.36. The van der Waals surface area contributed by atoms with Gasteiger partial charge in [-0.3, -0.25) is 0 Å². The molecule has 64 heavy (non-hydrogen) atoms. The molecule has 0 bridgehead atoms. The van der Waals surface area contributed by atoms with Gasteiger partial charge in [-0.15, -0.1) is 11.3 Å². The summed E-state index contributed by atoms with van der Waals surface area (Å²) in [6.07, 6.45) is 0. The molecule has 0 unspecified atom stereocenters. The van der Waals surface area contributed by atoms with E-state index in [4.69, 9.17) is 9.97 Å². The summed E-state index contributed by atoms with van der Waals surface area (Å²) < 4.78 is 2.54. The Hall–Kier alpha value is -7.72. The van der Waals surface area contributed by atoms with E-state index in [-0.39, 0.29) is 5.41 Å². The van der Waals surface area contributed by atoms with Crippen molar-refractivity contribution in [3.63, 3.8) is 0 Å². The molecule has 0 saturated heterocycles. The van der Waals surface area contributed by atoms with Gasteiger partial charge in [-0.2, -0.15) is 0 Å². The van der Waals surface area contributed by atoms with Gasteiger partial charge in [0, 0.05) is 42.3 Å². The maximum absolute atomic E-state index is 5.33. The zero-order valence-corrected chi connectivity index (χ0v) is 36.2. The monoisotopic (exact) mass is 832 g/mol. The highest BCUT2D eigenvalue weighted by molar-refractivity contribution is 7.25. The van der Waals surface area contributed by atoms with Crippen LogP contribution in [0.25, 0.3) is 120 Å². The summed E-state index contributed by atoms with van der Waals surface area (Å²) in [5, 5.41) is 9.89. The first-order valence-electron chi connectivity index (χ1n) is 22.1. The van der Waals surface area contributed by atoms with Crippen LogP contribution >= 0.6 is 11.3 Å². The van der Waals surface area contributed by atoms with Crippen LogP contribution in [0.2, 0.25) is 0 Å². The maximum atomic E-state index is 5.33. The Labute approximate surface area is 375 Å². The minimum absolute atomic E-state index is 0.0736. The van der Waals surface area contributed by atoms with Crippen molar-refractivity contribution in [1.82, 2.24) is 9.97 Å². The standard InChI is InChI=1S/C61H40N2S/c1-61(2)53-32-27-40(34-51(53)52-33-38-17-6-7-18-39(38)35-54(52)61)41-28-29-46(43-20-9-8-19-42(41)43)47-30-31-48(45-22-11-10-21-44(45)47)55-36-56(63-60(62-55)37-15-4-3-5-16-37)49-24-14-26-58-59(49)50-23-12-13-25-57(50)64-58/h3-36H,1-2H3. The lowest BCUT2D eigenvalue weighted by Gasteiger charge is -2.22. The van der Waals surface area contributed by atoms with Crippen molar-refractivity contribution < 1.29 is 0 Å². The molecule has 0 radical (unpaired) electrons. The van der Waals surface area contributed by atoms with Crippen LogP contribution < -0.4 is 0 Å². The number of rotatable bonds is 5. The van der Waals surface area contributed by atoms with Crippen molar-refractivity contribution in [2.75, 3.05) is 0 Å². The molecular formula is C61H40N2S. The van der Waals surface area contributed by atoms with Crippen LogP contribution in [0, 0.1) is 0 Å². The van der Waals surface area contributed by atoms with E-state index in [1.807, 2.05) is 17.4 Å². The van der Waals surface area contributed by atoms with Crippen LogP contribution in [-0.2, 0) is 5.41 Å². The molecule has 0 saturated carbocycles. The molecule has 0 aliphatic heterocycles. The van der Waals surface area contributed by atoms with E-state index >= 15 is 0 Å². The van der Waals surface area contributed by atoms with Crippen molar-refractivity contribution >= 4 is 63.8 Å². The number of hydrogen-bond donors (Lipinski definition) is 0. The fourth-order valence-corrected chi connectivity index (χ4v) is 11.7. The predicted molar refractivity (Wildman–Crippen MR) is 272 cm³/mol. The first-order chi connectivity index (χ1) is 31.5. The fourth-order valence-electron chi connectivity index (χ4n) is 10.6. The summed E-state index contributed by atoms with van der Waals surface area (Å²) in [6, 6.07) is 75.5. The van der Waals surface area contributed by atoms with E-state index in [9.17, 15) is 0 Å². The molecular weight excluding hydrogens is 793 g/mol. The van der Waals surface area contributed by atoms with Crippen LogP contribution in [0.15, 0.2) is 206 Å². The largest absolute Gasteiger partial charge is 0.228 e. The average molecular weight is 833 g/mol. The molecule has 0 atom stereocenters. The van der Waals surface area contributed by atoms with Gasteiger partial charge in [-0.1, -0.05) is 184 Å². The lowest BCUT2D eigenvalue weighted by atomic mass is 9.81. The number of aromatic nitrogens is 2. The van der Waals surface area contributed by atoms with Gasteiger partial charge in [-0.05, 0) is 113 Å². The number of fused-ring (bicyclic) bond motifs is 9. The summed E-state index contributed by atoms with van der Waals surface area (Å²) in [5.41, 5.74) is 15.3. The molecule has 10 aromatic carbocycles. The third-order valence-corrected chi connectivity index (χ3v) is 14.8. The quantitative estimate of drug-likeness (QED) is 0.173. The zero-order valence-electron chi connectivity index (χ0n) is 35.4. The van der Waals surface area contributed by atoms with Gasteiger partial charge in [0.1, 0.15) is 0 Å². The SMILES string of the molecule is CC1(C)c2ccc(-c3ccc(-c4ccc(-c5cc(-c6cccc7sc8ccccc8c67)nc(-c6ccccc6)n5)c5ccccc45)c4ccccc34)cc2-c2cc3ccccc3cc21. The first kappa shape index (κ1) is 36.9. The number of hydrogen-bond acceptors (Lipinski definition) is 3. The van der Waals surface area contributed by atoms with Gasteiger partial charge in [0.05, 0.1) is 11.4 Å². The van der Waals surface area contributed by atoms with Crippen LogP contribution in [0.1, 0.15) is 25.0 Å². The van der Waals surface area contributed by atoms with Gasteiger partial charge in [-0.25, -0.2) is 9.97 Å². The summed E-state index contributed by atoms with van der Waals surface area (Å²) >= 11 is 1.83. The van der Waals surface area contributed by atoms with Crippen molar-refractivity contribution in [1.29, 1.82) is 0 Å². The second-order valence-electron chi connectivity index (χ2n) is 17.6. The van der Waals surface area contributed by atoms with Crippen molar-refractivity contribution in [3.8, 4) is 67.3 Å². The highest BCUT2D eigenvalue weighted by atomic mass is 32.1. The van der Waals surface area contributed by atoms with Gasteiger partial charge in [0.2, 0.25) is 0 Å². The molecule has 2 aromatic heterocycles. The Morgan fingerprint density at radius 3 is 1.62 bits per heavy atom. The van der Waals surface area contributed by atoms with E-state index in [0.29, 0.717) is 5.82 Å². The van der Waals surface area contributed by atoms with E-state index in [1.165, 1.54) is 91.6 Å². The maximum Gasteiger partial charge on any atom is 0.160 e. The molecule has 0 N–H and O–H groups in total. The Morgan fingerprint density at radius 2 is 0.891 bits per heavy atom. The molecule has 2 nitrogen and oxygen atoms in total. The zero-order chi connectivity index (χ0) is 42.5. The van der Waals surface area contributed by atoms with Gasteiger partial charge < -0.3 is 0 Å². The van der Waals surface area contributed by atoms with Gasteiger partial charge in [0.25, 0.3) is 0 Å². The van der Waals surface area contributed by atoms with E-state index in [0.717, 1.165) is 33.5 Å². The predicted octanol–water partition coefficient (Wildman–Crippen LogP) is 16.9. The van der Waals surface area contributed by atoms with Crippen LogP contribution in [0.3, 0.4) is 0 Å². The van der Waals surface area contributed by atoms with Gasteiger partial charge >= 0.3 is 0 Å². The number of benzene rings is 10. The molecule has 1 aliphatic rings. The van der Waals surface area contributed by atoms with Crippen LogP contribution in [0.5, 0.6) is 0 Å². The minimum Gasteiger partial charge on any atom is -0.228 e. The molecule has 0 spiro atoms. The summed E-state index contributed by atoms with van der Waals surface area (Å²) in [5.74, 6) is 0.714. The lowest BCUT2D eigenvalue weighted by molar-refractivity contribution is 0.661. The van der Waals surface area contributed by atoms with Gasteiger partial charge in [0.15, 0.2) is 5.82 Å². The highest BCUT2D eigenvalue weighted by Crippen LogP contribution is 2.52. The smallest absolute Gasteiger partial charge is 0.160 e. The van der Waals surface area contributed by atoms with Crippen molar-refractivity contribution in [3.05, 3.63) is 217 Å². The molecule has 0 amide bonds. The van der Waals surface area contributed by atoms with E-state index < -0.39 is 0 Å². The molecule has 13 rings (SSSR count). The fraction of sp³-hybridized carbons (Fsp3) is 0.0492. The summed E-state index contributed by atoms with van der Waals surface area (Å²) in [4.78, 5) is 10.6. The van der Waals surface area contributed by atoms with E-state index in [2.05, 4.69) is 214 Å². The first-order valence-corrected chi connectivity index (χ1v) is 22.9. The Balaban J connectivity index is 0.964. The van der Waals surface area contributed by atoms with Crippen LogP contribution in [0.4, 0.5) is 0 Å². The summed E-state index contributed by atoms with van der Waals surface area (Å²) in [7, 11) is 0. The van der Waals surface area contributed by atoms with Crippen molar-refractivity contribution in [2.24, 2.45) is 0 Å². The second-order valence-corrected chi connectivity index (χ2v) is 18.7. The molecule has 0 fully saturated rings. The van der Waals surface area contributed by atoms with Crippen LogP contribution in [-0.4, -0.2) is 9.97 Å². The average Bonchev–Trinajstić information content (AvgIpc) is 3.84. The lowest BCUT2D eigenvalue weighted by Crippen LogP contribution is -2.14. The Kier molecular flexibility index (Phi) is 8.16.